The number of carbonyl (C=O) groups excluding carboxylic acids is 2. The van der Waals surface area contributed by atoms with Gasteiger partial charge in [-0.1, -0.05) is 45.4 Å². The summed E-state index contributed by atoms with van der Waals surface area (Å²) in [6.45, 7) is 7.48. The van der Waals surface area contributed by atoms with E-state index in [2.05, 4.69) is 37.4 Å². The maximum Gasteiger partial charge on any atom is 0.311 e. The van der Waals surface area contributed by atoms with Crippen LogP contribution in [0.2, 0.25) is 0 Å². The number of nitrogens with one attached hydrogen (secondary N) is 1. The molecule has 0 spiro atoms. The average molecular weight is 359 g/mol. The molecule has 1 aromatic carbocycles. The molecule has 2 rings (SSSR count). The predicted molar refractivity (Wildman–Crippen MR) is 106 cm³/mol. The second kappa shape index (κ2) is 10.3. The molecular formula is C22H34N2O2. The molecule has 0 bridgehead atoms. The van der Waals surface area contributed by atoms with E-state index in [1.54, 1.807) is 4.90 Å². The minimum Gasteiger partial charge on any atom is -0.341 e. The van der Waals surface area contributed by atoms with Crippen molar-refractivity contribution in [1.29, 1.82) is 0 Å². The van der Waals surface area contributed by atoms with Gasteiger partial charge in [-0.05, 0) is 61.6 Å². The normalized spacial score (nSPS) is 14.4. The summed E-state index contributed by atoms with van der Waals surface area (Å²) in [4.78, 5) is 26.8. The molecule has 1 aliphatic carbocycles. The summed E-state index contributed by atoms with van der Waals surface area (Å²) in [6, 6.07) is 6.44. The van der Waals surface area contributed by atoms with Gasteiger partial charge in [-0.3, -0.25) is 9.59 Å². The Bertz CT molecular complexity index is 612. The highest BCUT2D eigenvalue weighted by Crippen LogP contribution is 2.26. The smallest absolute Gasteiger partial charge is 0.311 e. The van der Waals surface area contributed by atoms with Gasteiger partial charge < -0.3 is 10.2 Å². The summed E-state index contributed by atoms with van der Waals surface area (Å²) in [5.74, 6) is -0.865. The Labute approximate surface area is 158 Å². The van der Waals surface area contributed by atoms with Crippen LogP contribution in [0.25, 0.3) is 0 Å². The van der Waals surface area contributed by atoms with Crippen molar-refractivity contribution >= 4 is 11.8 Å². The molecule has 26 heavy (non-hydrogen) atoms. The number of amides is 2. The summed E-state index contributed by atoms with van der Waals surface area (Å²) >= 11 is 0. The standard InChI is InChI=1S/C22H34N2O2/c1-4-7-15-24(14-5-2)22(26)21(25)23-20(6-3)19-13-12-17-10-8-9-11-18(17)16-19/h12-13,16,20H,4-11,14-15H2,1-3H3,(H,23,25). The van der Waals surface area contributed by atoms with Crippen LogP contribution >= 0.6 is 0 Å². The zero-order valence-electron chi connectivity index (χ0n) is 16.6. The monoisotopic (exact) mass is 358 g/mol. The van der Waals surface area contributed by atoms with Gasteiger partial charge in [0.1, 0.15) is 0 Å². The maximum atomic E-state index is 12.6. The Morgan fingerprint density at radius 1 is 1.04 bits per heavy atom. The number of hydrogen-bond donors (Lipinski definition) is 1. The van der Waals surface area contributed by atoms with Crippen LogP contribution in [0.5, 0.6) is 0 Å². The molecule has 0 saturated heterocycles. The van der Waals surface area contributed by atoms with Gasteiger partial charge in [0.2, 0.25) is 0 Å². The van der Waals surface area contributed by atoms with Gasteiger partial charge in [-0.2, -0.15) is 0 Å². The van der Waals surface area contributed by atoms with Crippen molar-refractivity contribution in [3.05, 3.63) is 34.9 Å². The van der Waals surface area contributed by atoms with Crippen molar-refractivity contribution in [2.75, 3.05) is 13.1 Å². The third-order valence-electron chi connectivity index (χ3n) is 5.25. The zero-order chi connectivity index (χ0) is 18.9. The van der Waals surface area contributed by atoms with E-state index in [1.807, 2.05) is 6.92 Å². The summed E-state index contributed by atoms with van der Waals surface area (Å²) in [5.41, 5.74) is 3.96. The van der Waals surface area contributed by atoms with Gasteiger partial charge in [-0.15, -0.1) is 0 Å². The Morgan fingerprint density at radius 3 is 2.42 bits per heavy atom. The first-order valence-corrected chi connectivity index (χ1v) is 10.3. The number of fused-ring (bicyclic) bond motifs is 1. The first kappa shape index (κ1) is 20.5. The van der Waals surface area contributed by atoms with E-state index in [-0.39, 0.29) is 6.04 Å². The van der Waals surface area contributed by atoms with Gasteiger partial charge in [0.05, 0.1) is 6.04 Å². The summed E-state index contributed by atoms with van der Waals surface area (Å²) in [6.07, 6.45) is 8.37. The van der Waals surface area contributed by atoms with Crippen LogP contribution in [0.3, 0.4) is 0 Å². The van der Waals surface area contributed by atoms with Crippen LogP contribution in [0.1, 0.15) is 82.0 Å². The molecule has 4 heteroatoms. The molecule has 0 fully saturated rings. The van der Waals surface area contributed by atoms with Crippen molar-refractivity contribution in [3.8, 4) is 0 Å². The molecule has 1 aliphatic rings. The Hall–Kier alpha value is -1.84. The number of rotatable bonds is 8. The molecule has 2 amide bonds. The van der Waals surface area contributed by atoms with E-state index < -0.39 is 11.8 Å². The minimum atomic E-state index is -0.473. The van der Waals surface area contributed by atoms with Gasteiger partial charge in [0.25, 0.3) is 0 Å². The summed E-state index contributed by atoms with van der Waals surface area (Å²) in [7, 11) is 0. The van der Waals surface area contributed by atoms with Crippen molar-refractivity contribution in [3.63, 3.8) is 0 Å². The fraction of sp³-hybridized carbons (Fsp3) is 0.636. The van der Waals surface area contributed by atoms with Crippen LogP contribution < -0.4 is 5.32 Å². The molecule has 0 heterocycles. The lowest BCUT2D eigenvalue weighted by molar-refractivity contribution is -0.146. The van der Waals surface area contributed by atoms with Crippen molar-refractivity contribution in [2.24, 2.45) is 0 Å². The third kappa shape index (κ3) is 5.33. The lowest BCUT2D eigenvalue weighted by Gasteiger charge is -2.24. The van der Waals surface area contributed by atoms with Gasteiger partial charge >= 0.3 is 11.8 Å². The van der Waals surface area contributed by atoms with Crippen LogP contribution in [0, 0.1) is 0 Å². The molecule has 1 atom stereocenters. The zero-order valence-corrected chi connectivity index (χ0v) is 16.6. The molecule has 4 nitrogen and oxygen atoms in total. The van der Waals surface area contributed by atoms with E-state index in [9.17, 15) is 9.59 Å². The molecule has 0 saturated carbocycles. The predicted octanol–water partition coefficient (Wildman–Crippen LogP) is 4.17. The van der Waals surface area contributed by atoms with E-state index in [4.69, 9.17) is 0 Å². The molecule has 0 aromatic heterocycles. The van der Waals surface area contributed by atoms with Crippen molar-refractivity contribution in [2.45, 2.75) is 78.2 Å². The lowest BCUT2D eigenvalue weighted by Crippen LogP contribution is -2.44. The number of aryl methyl sites for hydroxylation is 2. The number of hydrogen-bond acceptors (Lipinski definition) is 2. The highest BCUT2D eigenvalue weighted by atomic mass is 16.2. The molecule has 144 valence electrons. The highest BCUT2D eigenvalue weighted by molar-refractivity contribution is 6.35. The van der Waals surface area contributed by atoms with Crippen molar-refractivity contribution in [1.82, 2.24) is 10.2 Å². The Kier molecular flexibility index (Phi) is 8.14. The molecular weight excluding hydrogens is 324 g/mol. The van der Waals surface area contributed by atoms with Gasteiger partial charge in [0, 0.05) is 13.1 Å². The Balaban J connectivity index is 2.05. The molecule has 0 radical (unpaired) electrons. The van der Waals surface area contributed by atoms with E-state index in [0.29, 0.717) is 13.1 Å². The number of unbranched alkanes of at least 4 members (excludes halogenated alkanes) is 1. The van der Waals surface area contributed by atoms with Crippen LogP contribution in [-0.2, 0) is 22.4 Å². The number of benzene rings is 1. The highest BCUT2D eigenvalue weighted by Gasteiger charge is 2.24. The Morgan fingerprint density at radius 2 is 1.77 bits per heavy atom. The molecule has 0 aliphatic heterocycles. The molecule has 1 aromatic rings. The summed E-state index contributed by atoms with van der Waals surface area (Å²) in [5, 5.41) is 2.97. The fourth-order valence-electron chi connectivity index (χ4n) is 3.69. The second-order valence-electron chi connectivity index (χ2n) is 7.32. The third-order valence-corrected chi connectivity index (χ3v) is 5.25. The van der Waals surface area contributed by atoms with Gasteiger partial charge in [-0.25, -0.2) is 0 Å². The largest absolute Gasteiger partial charge is 0.341 e. The number of nitrogens with zero attached hydrogens (tertiary/aromatic N) is 1. The average Bonchev–Trinajstić information content (AvgIpc) is 2.68. The van der Waals surface area contributed by atoms with Crippen LogP contribution in [0.4, 0.5) is 0 Å². The minimum absolute atomic E-state index is 0.103. The second-order valence-corrected chi connectivity index (χ2v) is 7.32. The first-order valence-electron chi connectivity index (χ1n) is 10.3. The topological polar surface area (TPSA) is 49.4 Å². The molecule has 1 unspecified atom stereocenters. The van der Waals surface area contributed by atoms with E-state index >= 15 is 0 Å². The van der Waals surface area contributed by atoms with Crippen molar-refractivity contribution < 1.29 is 9.59 Å². The van der Waals surface area contributed by atoms with Gasteiger partial charge in [0.15, 0.2) is 0 Å². The van der Waals surface area contributed by atoms with E-state index in [1.165, 1.54) is 24.0 Å². The van der Waals surface area contributed by atoms with Crippen LogP contribution in [0.15, 0.2) is 18.2 Å². The van der Waals surface area contributed by atoms with Crippen LogP contribution in [-0.4, -0.2) is 29.8 Å². The summed E-state index contributed by atoms with van der Waals surface area (Å²) < 4.78 is 0. The maximum absolute atomic E-state index is 12.6. The fourth-order valence-corrected chi connectivity index (χ4v) is 3.69. The lowest BCUT2D eigenvalue weighted by atomic mass is 9.89. The quantitative estimate of drug-likeness (QED) is 0.709. The SMILES string of the molecule is CCCCN(CCC)C(=O)C(=O)NC(CC)c1ccc2c(c1)CCCC2. The molecule has 1 N–H and O–H groups in total. The number of carbonyl (C=O) groups is 2. The first-order chi connectivity index (χ1) is 12.6. The van der Waals surface area contributed by atoms with E-state index in [0.717, 1.165) is 44.1 Å².